The molecule has 0 saturated carbocycles. The molecule has 0 atom stereocenters. The number of carbonyl (C=O) groups is 1. The Balaban J connectivity index is 1.96. The van der Waals surface area contributed by atoms with Crippen LogP contribution in [-0.2, 0) is 11.2 Å². The van der Waals surface area contributed by atoms with E-state index in [2.05, 4.69) is 15.5 Å². The van der Waals surface area contributed by atoms with Crippen molar-refractivity contribution in [3.63, 3.8) is 0 Å². The van der Waals surface area contributed by atoms with Crippen molar-refractivity contribution in [2.24, 2.45) is 0 Å². The van der Waals surface area contributed by atoms with E-state index in [0.29, 0.717) is 23.2 Å². The lowest BCUT2D eigenvalue weighted by atomic mass is 10.2. The molecule has 0 aliphatic heterocycles. The Morgan fingerprint density at radius 2 is 2.23 bits per heavy atom. The van der Waals surface area contributed by atoms with E-state index in [1.807, 2.05) is 6.92 Å². The average Bonchev–Trinajstić information content (AvgIpc) is 2.95. The SMILES string of the molecule is CCc1nnc(SCC(=O)Nc2cc([N+](=O)[O-])ccc2C)o1. The first-order chi connectivity index (χ1) is 10.5. The molecule has 0 aliphatic carbocycles. The standard InChI is InChI=1S/C13H14N4O4S/c1-3-12-15-16-13(21-12)22-7-11(18)14-10-6-9(17(19)20)5-4-8(10)2/h4-6H,3,7H2,1-2H3,(H,14,18). The number of aromatic nitrogens is 2. The van der Waals surface area contributed by atoms with Gasteiger partial charge < -0.3 is 9.73 Å². The monoisotopic (exact) mass is 322 g/mol. The number of nitro groups is 1. The topological polar surface area (TPSA) is 111 Å². The van der Waals surface area contributed by atoms with E-state index in [9.17, 15) is 14.9 Å². The van der Waals surface area contributed by atoms with Crippen molar-refractivity contribution in [3.05, 3.63) is 39.8 Å². The molecular weight excluding hydrogens is 308 g/mol. The van der Waals surface area contributed by atoms with E-state index in [1.165, 1.54) is 12.1 Å². The zero-order valence-corrected chi connectivity index (χ0v) is 12.8. The Morgan fingerprint density at radius 3 is 2.86 bits per heavy atom. The van der Waals surface area contributed by atoms with Gasteiger partial charge in [0.1, 0.15) is 0 Å². The maximum absolute atomic E-state index is 11.9. The fourth-order valence-corrected chi connectivity index (χ4v) is 2.19. The molecule has 0 bridgehead atoms. The molecular formula is C13H14N4O4S. The summed E-state index contributed by atoms with van der Waals surface area (Å²) in [5, 5.41) is 21.3. The van der Waals surface area contributed by atoms with Gasteiger partial charge in [-0.15, -0.1) is 10.2 Å². The zero-order valence-electron chi connectivity index (χ0n) is 12.0. The summed E-state index contributed by atoms with van der Waals surface area (Å²) in [5.41, 5.74) is 1.09. The predicted molar refractivity (Wildman–Crippen MR) is 80.9 cm³/mol. The van der Waals surface area contributed by atoms with Crippen molar-refractivity contribution < 1.29 is 14.1 Å². The first-order valence-electron chi connectivity index (χ1n) is 6.49. The second-order valence-corrected chi connectivity index (χ2v) is 5.34. The molecule has 0 radical (unpaired) electrons. The molecule has 1 heterocycles. The van der Waals surface area contributed by atoms with Gasteiger partial charge in [-0.1, -0.05) is 24.8 Å². The third-order valence-corrected chi connectivity index (χ3v) is 3.60. The van der Waals surface area contributed by atoms with Gasteiger partial charge in [-0.2, -0.15) is 0 Å². The van der Waals surface area contributed by atoms with Crippen LogP contribution in [-0.4, -0.2) is 26.8 Å². The second kappa shape index (κ2) is 7.03. The highest BCUT2D eigenvalue weighted by Crippen LogP contribution is 2.22. The lowest BCUT2D eigenvalue weighted by molar-refractivity contribution is -0.384. The molecule has 0 saturated heterocycles. The quantitative estimate of drug-likeness (QED) is 0.494. The second-order valence-electron chi connectivity index (χ2n) is 4.41. The highest BCUT2D eigenvalue weighted by atomic mass is 32.2. The Labute approximate surface area is 130 Å². The molecule has 0 unspecified atom stereocenters. The van der Waals surface area contributed by atoms with Crippen molar-refractivity contribution in [1.29, 1.82) is 0 Å². The van der Waals surface area contributed by atoms with E-state index in [4.69, 9.17) is 4.42 Å². The van der Waals surface area contributed by atoms with Gasteiger partial charge in [-0.3, -0.25) is 14.9 Å². The average molecular weight is 322 g/mol. The van der Waals surface area contributed by atoms with Gasteiger partial charge in [-0.05, 0) is 12.5 Å². The van der Waals surface area contributed by atoms with Gasteiger partial charge in [0.05, 0.1) is 16.4 Å². The van der Waals surface area contributed by atoms with Crippen LogP contribution in [0.1, 0.15) is 18.4 Å². The normalized spacial score (nSPS) is 10.5. The van der Waals surface area contributed by atoms with Crippen molar-refractivity contribution in [2.75, 3.05) is 11.1 Å². The van der Waals surface area contributed by atoms with E-state index in [1.54, 1.807) is 13.0 Å². The number of rotatable bonds is 6. The highest BCUT2D eigenvalue weighted by molar-refractivity contribution is 7.99. The summed E-state index contributed by atoms with van der Waals surface area (Å²) >= 11 is 1.11. The fraction of sp³-hybridized carbons (Fsp3) is 0.308. The summed E-state index contributed by atoms with van der Waals surface area (Å²) in [5.74, 6) is 0.287. The molecule has 1 N–H and O–H groups in total. The number of nitro benzene ring substituents is 1. The number of hydrogen-bond donors (Lipinski definition) is 1. The summed E-state index contributed by atoms with van der Waals surface area (Å²) in [6.07, 6.45) is 0.632. The van der Waals surface area contributed by atoms with E-state index in [0.717, 1.165) is 17.3 Å². The number of carbonyl (C=O) groups excluding carboxylic acids is 1. The summed E-state index contributed by atoms with van der Waals surface area (Å²) in [6, 6.07) is 4.32. The van der Waals surface area contributed by atoms with Gasteiger partial charge >= 0.3 is 0 Å². The van der Waals surface area contributed by atoms with Crippen LogP contribution in [0.2, 0.25) is 0 Å². The minimum absolute atomic E-state index is 0.0713. The van der Waals surface area contributed by atoms with E-state index < -0.39 is 4.92 Å². The summed E-state index contributed by atoms with van der Waals surface area (Å²) in [7, 11) is 0. The Bertz CT molecular complexity index is 701. The van der Waals surface area contributed by atoms with Crippen molar-refractivity contribution in [1.82, 2.24) is 10.2 Å². The van der Waals surface area contributed by atoms with Crippen LogP contribution in [0, 0.1) is 17.0 Å². The van der Waals surface area contributed by atoms with Crippen LogP contribution in [0.4, 0.5) is 11.4 Å². The van der Waals surface area contributed by atoms with Crippen molar-refractivity contribution >= 4 is 29.0 Å². The van der Waals surface area contributed by atoms with Gasteiger partial charge in [0.2, 0.25) is 11.8 Å². The van der Waals surface area contributed by atoms with Crippen LogP contribution in [0.3, 0.4) is 0 Å². The maximum atomic E-state index is 11.9. The smallest absolute Gasteiger partial charge is 0.277 e. The molecule has 1 aromatic carbocycles. The predicted octanol–water partition coefficient (Wildman–Crippen LogP) is 2.58. The van der Waals surface area contributed by atoms with E-state index in [-0.39, 0.29) is 17.3 Å². The van der Waals surface area contributed by atoms with Crippen LogP contribution in [0.25, 0.3) is 0 Å². The Morgan fingerprint density at radius 1 is 1.45 bits per heavy atom. The molecule has 0 fully saturated rings. The van der Waals surface area contributed by atoms with Crippen molar-refractivity contribution in [3.8, 4) is 0 Å². The van der Waals surface area contributed by atoms with Crippen molar-refractivity contribution in [2.45, 2.75) is 25.5 Å². The maximum Gasteiger partial charge on any atom is 0.277 e. The number of thioether (sulfide) groups is 1. The van der Waals surface area contributed by atoms with Crippen LogP contribution in [0.5, 0.6) is 0 Å². The molecule has 1 aromatic heterocycles. The number of aryl methyl sites for hydroxylation is 2. The number of nitrogens with one attached hydrogen (secondary N) is 1. The lowest BCUT2D eigenvalue weighted by Gasteiger charge is -2.07. The molecule has 8 nitrogen and oxygen atoms in total. The van der Waals surface area contributed by atoms with Gasteiger partial charge in [0.15, 0.2) is 0 Å². The number of amides is 1. The number of benzene rings is 1. The third-order valence-electron chi connectivity index (χ3n) is 2.78. The minimum Gasteiger partial charge on any atom is -0.416 e. The third kappa shape index (κ3) is 4.04. The molecule has 0 spiro atoms. The molecule has 9 heteroatoms. The van der Waals surface area contributed by atoms with Gasteiger partial charge in [0, 0.05) is 18.6 Å². The number of nitrogens with zero attached hydrogens (tertiary/aromatic N) is 3. The van der Waals surface area contributed by atoms with Gasteiger partial charge in [0.25, 0.3) is 10.9 Å². The first-order valence-corrected chi connectivity index (χ1v) is 7.48. The molecule has 0 aliphatic rings. The molecule has 116 valence electrons. The zero-order chi connectivity index (χ0) is 16.1. The fourth-order valence-electron chi connectivity index (χ4n) is 1.61. The molecule has 2 aromatic rings. The Kier molecular flexibility index (Phi) is 5.10. The van der Waals surface area contributed by atoms with Crippen LogP contribution >= 0.6 is 11.8 Å². The molecule has 22 heavy (non-hydrogen) atoms. The number of anilines is 1. The van der Waals surface area contributed by atoms with Crippen LogP contribution < -0.4 is 5.32 Å². The largest absolute Gasteiger partial charge is 0.416 e. The summed E-state index contributed by atoms with van der Waals surface area (Å²) in [4.78, 5) is 22.2. The number of hydrogen-bond acceptors (Lipinski definition) is 7. The summed E-state index contributed by atoms with van der Waals surface area (Å²) < 4.78 is 5.28. The lowest BCUT2D eigenvalue weighted by Crippen LogP contribution is -2.15. The number of non-ortho nitro benzene ring substituents is 1. The summed E-state index contributed by atoms with van der Waals surface area (Å²) in [6.45, 7) is 3.65. The molecule has 1 amide bonds. The Hall–Kier alpha value is -2.42. The minimum atomic E-state index is -0.505. The highest BCUT2D eigenvalue weighted by Gasteiger charge is 2.13. The van der Waals surface area contributed by atoms with E-state index >= 15 is 0 Å². The molecule has 2 rings (SSSR count). The first kappa shape index (κ1) is 16.0. The van der Waals surface area contributed by atoms with Crippen LogP contribution in [0.15, 0.2) is 27.8 Å². The van der Waals surface area contributed by atoms with Gasteiger partial charge in [-0.25, -0.2) is 0 Å².